The van der Waals surface area contributed by atoms with E-state index in [4.69, 9.17) is 28.4 Å². The highest BCUT2D eigenvalue weighted by Crippen LogP contribution is 2.33. The molecule has 0 saturated carbocycles. The van der Waals surface area contributed by atoms with E-state index in [9.17, 15) is 61.0 Å². The molecule has 19 nitrogen and oxygen atoms in total. The molecule has 0 bridgehead atoms. The van der Waals surface area contributed by atoms with Crippen LogP contribution in [0.25, 0.3) is 0 Å². The number of aliphatic hydroxyl groups excluding tert-OH is 11. The van der Waals surface area contributed by atoms with Crippen LogP contribution in [0.15, 0.2) is 48.6 Å². The van der Waals surface area contributed by atoms with Gasteiger partial charge in [-0.25, -0.2) is 0 Å². The van der Waals surface area contributed by atoms with Gasteiger partial charge in [0.15, 0.2) is 18.9 Å². The van der Waals surface area contributed by atoms with E-state index in [1.54, 1.807) is 0 Å². The van der Waals surface area contributed by atoms with Crippen molar-refractivity contribution >= 4 is 5.91 Å². The number of nitrogens with one attached hydrogen (secondary N) is 1. The molecule has 72 heavy (non-hydrogen) atoms. The summed E-state index contributed by atoms with van der Waals surface area (Å²) in [5, 5.41) is 120. The number of amides is 1. The third-order valence-corrected chi connectivity index (χ3v) is 13.4. The number of carbonyl (C=O) groups excluding carboxylic acids is 1. The molecular formula is C53H93NO18. The maximum Gasteiger partial charge on any atom is 0.220 e. The van der Waals surface area contributed by atoms with Crippen LogP contribution < -0.4 is 5.32 Å². The minimum atomic E-state index is -1.97. The molecule has 12 N–H and O–H groups in total. The highest BCUT2D eigenvalue weighted by Gasteiger charge is 2.53. The van der Waals surface area contributed by atoms with Gasteiger partial charge in [0.2, 0.25) is 5.91 Å². The van der Waals surface area contributed by atoms with E-state index >= 15 is 0 Å². The Bertz CT molecular complexity index is 1520. The van der Waals surface area contributed by atoms with Gasteiger partial charge >= 0.3 is 0 Å². The molecule has 0 aliphatic carbocycles. The van der Waals surface area contributed by atoms with Crippen LogP contribution in [0.3, 0.4) is 0 Å². The fourth-order valence-electron chi connectivity index (χ4n) is 8.95. The fourth-order valence-corrected chi connectivity index (χ4v) is 8.95. The molecule has 0 radical (unpaired) electrons. The predicted molar refractivity (Wildman–Crippen MR) is 268 cm³/mol. The summed E-state index contributed by atoms with van der Waals surface area (Å²) in [6.45, 7) is 1.59. The van der Waals surface area contributed by atoms with Crippen molar-refractivity contribution in [1.82, 2.24) is 5.32 Å². The van der Waals surface area contributed by atoms with Crippen molar-refractivity contribution in [2.24, 2.45) is 0 Å². The molecule has 0 aromatic rings. The summed E-state index contributed by atoms with van der Waals surface area (Å²) in [5.74, 6) is -0.272. The number of allylic oxidation sites excluding steroid dienone is 8. The van der Waals surface area contributed by atoms with Gasteiger partial charge in [0.05, 0.1) is 38.6 Å². The van der Waals surface area contributed by atoms with Crippen LogP contribution in [-0.4, -0.2) is 193 Å². The van der Waals surface area contributed by atoms with Gasteiger partial charge in [0, 0.05) is 6.42 Å². The molecule has 0 aromatic heterocycles. The fraction of sp³-hybridized carbons (Fsp3) is 0.830. The van der Waals surface area contributed by atoms with Crippen molar-refractivity contribution in [2.45, 2.75) is 253 Å². The summed E-state index contributed by atoms with van der Waals surface area (Å²) in [6.07, 6.45) is 10.8. The van der Waals surface area contributed by atoms with Gasteiger partial charge in [-0.15, -0.1) is 0 Å². The van der Waals surface area contributed by atoms with Crippen molar-refractivity contribution in [3.63, 3.8) is 0 Å². The van der Waals surface area contributed by atoms with Crippen LogP contribution in [-0.2, 0) is 33.2 Å². The Labute approximate surface area is 427 Å². The lowest BCUT2D eigenvalue weighted by molar-refractivity contribution is -0.379. The number of carbonyl (C=O) groups is 1. The van der Waals surface area contributed by atoms with Crippen molar-refractivity contribution in [3.05, 3.63) is 48.6 Å². The summed E-state index contributed by atoms with van der Waals surface area (Å²) in [6, 6.07) is -0.899. The zero-order valence-corrected chi connectivity index (χ0v) is 42.9. The number of unbranched alkanes of at least 4 members (excludes halogenated alkanes) is 13. The molecule has 418 valence electrons. The maximum absolute atomic E-state index is 13.2. The Morgan fingerprint density at radius 2 is 0.958 bits per heavy atom. The first-order valence-corrected chi connectivity index (χ1v) is 26.9. The first-order valence-electron chi connectivity index (χ1n) is 26.9. The maximum atomic E-state index is 13.2. The molecule has 17 unspecified atom stereocenters. The lowest BCUT2D eigenvalue weighted by atomic mass is 9.96. The van der Waals surface area contributed by atoms with Crippen molar-refractivity contribution in [2.75, 3.05) is 26.4 Å². The highest BCUT2D eigenvalue weighted by molar-refractivity contribution is 5.76. The lowest BCUT2D eigenvalue weighted by Crippen LogP contribution is -2.66. The number of ether oxygens (including phenoxy) is 6. The van der Waals surface area contributed by atoms with E-state index in [2.05, 4.69) is 67.8 Å². The monoisotopic (exact) mass is 1030 g/mol. The molecule has 3 saturated heterocycles. The summed E-state index contributed by atoms with van der Waals surface area (Å²) >= 11 is 0. The van der Waals surface area contributed by atoms with E-state index < -0.39 is 124 Å². The first-order chi connectivity index (χ1) is 34.8. The van der Waals surface area contributed by atoms with Gasteiger partial charge in [-0.2, -0.15) is 0 Å². The second-order valence-electron chi connectivity index (χ2n) is 19.3. The zero-order chi connectivity index (χ0) is 52.7. The summed E-state index contributed by atoms with van der Waals surface area (Å²) in [5.41, 5.74) is 0. The Morgan fingerprint density at radius 1 is 0.514 bits per heavy atom. The molecule has 17 atom stereocenters. The molecule has 19 heteroatoms. The minimum Gasteiger partial charge on any atom is -0.394 e. The molecule has 3 aliphatic heterocycles. The summed E-state index contributed by atoms with van der Waals surface area (Å²) in [7, 11) is 0. The third-order valence-electron chi connectivity index (χ3n) is 13.4. The Hall–Kier alpha value is -2.25. The Kier molecular flexibility index (Phi) is 33.3. The van der Waals surface area contributed by atoms with E-state index in [0.717, 1.165) is 77.0 Å². The highest BCUT2D eigenvalue weighted by atomic mass is 16.8. The van der Waals surface area contributed by atoms with E-state index in [1.165, 1.54) is 38.5 Å². The van der Waals surface area contributed by atoms with Crippen LogP contribution in [0.5, 0.6) is 0 Å². The Morgan fingerprint density at radius 3 is 1.50 bits per heavy atom. The second kappa shape index (κ2) is 37.5. The topological polar surface area (TPSA) is 307 Å². The molecule has 3 fully saturated rings. The standard InChI is InChI=1S/C53H93NO18/c1-3-5-7-9-11-13-15-16-17-18-19-20-21-23-25-27-29-31-41(59)54-36(37(58)30-28-26-24-22-14-12-10-8-6-4-2)35-67-51-47(65)44(62)49(39(33-56)69-51)72-53-48(66)45(63)50(40(34-57)70-53)71-52-46(64)43(61)42(60)38(32-55)68-52/h5,7,11,13,16-17,19-20,36-40,42-53,55-58,60-66H,3-4,6,8-10,12,14-15,18,21-35H2,1-2H3,(H,54,59)/b7-5-,13-11-,17-16-,20-19-. The van der Waals surface area contributed by atoms with E-state index in [0.29, 0.717) is 12.8 Å². The molecule has 3 aliphatic rings. The quantitative estimate of drug-likeness (QED) is 0.0315. The smallest absolute Gasteiger partial charge is 0.220 e. The van der Waals surface area contributed by atoms with Crippen LogP contribution in [0.2, 0.25) is 0 Å². The third kappa shape index (κ3) is 22.5. The number of aliphatic hydroxyl groups is 11. The number of hydrogen-bond donors (Lipinski definition) is 12. The molecule has 1 amide bonds. The van der Waals surface area contributed by atoms with Gasteiger partial charge in [-0.3, -0.25) is 4.79 Å². The summed E-state index contributed by atoms with van der Waals surface area (Å²) in [4.78, 5) is 13.2. The molecule has 0 spiro atoms. The van der Waals surface area contributed by atoms with Crippen LogP contribution in [0, 0.1) is 0 Å². The molecule has 3 heterocycles. The normalized spacial score (nSPS) is 32.4. The van der Waals surface area contributed by atoms with E-state index in [1.807, 2.05) is 0 Å². The molecule has 3 rings (SSSR count). The second-order valence-corrected chi connectivity index (χ2v) is 19.3. The zero-order valence-electron chi connectivity index (χ0n) is 42.9. The average molecular weight is 1030 g/mol. The first kappa shape index (κ1) is 64.0. The average Bonchev–Trinajstić information content (AvgIpc) is 3.37. The molecular weight excluding hydrogens is 939 g/mol. The van der Waals surface area contributed by atoms with Gasteiger partial charge in [0.25, 0.3) is 0 Å². The predicted octanol–water partition coefficient (Wildman–Crippen LogP) is 2.75. The van der Waals surface area contributed by atoms with Crippen LogP contribution in [0.1, 0.15) is 149 Å². The minimum absolute atomic E-state index is 0.236. The number of rotatable bonds is 37. The largest absolute Gasteiger partial charge is 0.394 e. The number of hydrogen-bond acceptors (Lipinski definition) is 18. The lowest BCUT2D eigenvalue weighted by Gasteiger charge is -2.48. The van der Waals surface area contributed by atoms with Gasteiger partial charge < -0.3 is 89.9 Å². The van der Waals surface area contributed by atoms with Crippen molar-refractivity contribution in [3.8, 4) is 0 Å². The van der Waals surface area contributed by atoms with Crippen LogP contribution >= 0.6 is 0 Å². The van der Waals surface area contributed by atoms with Gasteiger partial charge in [-0.05, 0) is 51.4 Å². The SMILES string of the molecule is CC/C=C\C/C=C\C/C=C\C/C=C\CCCCCCC(=O)NC(COC1OC(CO)C(OC2OC(CO)C(OC3OC(CO)C(O)C(O)C3O)C(O)C2O)C(O)C1O)C(O)CCCCCCCCCCCC. The summed E-state index contributed by atoms with van der Waals surface area (Å²) < 4.78 is 34.2. The van der Waals surface area contributed by atoms with Crippen LogP contribution in [0.4, 0.5) is 0 Å². The van der Waals surface area contributed by atoms with Crippen molar-refractivity contribution < 1.29 is 89.4 Å². The van der Waals surface area contributed by atoms with Gasteiger partial charge in [0.1, 0.15) is 73.2 Å². The van der Waals surface area contributed by atoms with Gasteiger partial charge in [-0.1, -0.05) is 140 Å². The van der Waals surface area contributed by atoms with E-state index in [-0.39, 0.29) is 18.9 Å². The Balaban J connectivity index is 1.53. The van der Waals surface area contributed by atoms with Crippen molar-refractivity contribution in [1.29, 1.82) is 0 Å². The molecule has 0 aromatic carbocycles.